The van der Waals surface area contributed by atoms with Crippen LogP contribution in [0.5, 0.6) is 5.75 Å². The monoisotopic (exact) mass is 341 g/mol. The summed E-state index contributed by atoms with van der Waals surface area (Å²) in [6.07, 6.45) is 8.96. The zero-order valence-electron chi connectivity index (χ0n) is 15.0. The van der Waals surface area contributed by atoms with Crippen LogP contribution in [0.15, 0.2) is 46.6 Å². The molecule has 1 aromatic carbocycles. The summed E-state index contributed by atoms with van der Waals surface area (Å²) < 4.78 is 5.19. The summed E-state index contributed by atoms with van der Waals surface area (Å²) >= 11 is 6.46. The molecule has 0 aliphatic rings. The summed E-state index contributed by atoms with van der Waals surface area (Å²) in [5.41, 5.74) is 2.72. The summed E-state index contributed by atoms with van der Waals surface area (Å²) in [4.78, 5) is 4.62. The van der Waals surface area contributed by atoms with Crippen molar-refractivity contribution in [3.8, 4) is 18.1 Å². The maximum absolute atomic E-state index is 6.46. The zero-order chi connectivity index (χ0) is 18.3. The molecule has 0 N–H and O–H groups in total. The van der Waals surface area contributed by atoms with Crippen LogP contribution in [-0.2, 0) is 0 Å². The highest BCUT2D eigenvalue weighted by Gasteiger charge is 2.04. The summed E-state index contributed by atoms with van der Waals surface area (Å²) in [7, 11) is 1.62. The highest BCUT2D eigenvalue weighted by molar-refractivity contribution is 6.47. The fraction of sp³-hybridized carbons (Fsp3) is 0.286. The summed E-state index contributed by atoms with van der Waals surface area (Å²) in [6.45, 7) is 12.1. The molecule has 0 amide bonds. The van der Waals surface area contributed by atoms with E-state index in [9.17, 15) is 0 Å². The molecule has 0 fully saturated rings. The molecular weight excluding hydrogens is 318 g/mol. The van der Waals surface area contributed by atoms with E-state index in [0.717, 1.165) is 33.2 Å². The SMILES string of the molecule is C#C\C=C(/N=C(C)/C(C)=C/C(Cl)=c1/ccc(OC)cc1=C)C(C)C. The van der Waals surface area contributed by atoms with Gasteiger partial charge in [-0.05, 0) is 60.1 Å². The number of hydrogen-bond donors (Lipinski definition) is 0. The van der Waals surface area contributed by atoms with Crippen LogP contribution in [0.3, 0.4) is 0 Å². The van der Waals surface area contributed by atoms with E-state index in [2.05, 4.69) is 31.3 Å². The Morgan fingerprint density at radius 3 is 2.54 bits per heavy atom. The van der Waals surface area contributed by atoms with E-state index >= 15 is 0 Å². The number of allylic oxidation sites excluding steroid dienone is 4. The van der Waals surface area contributed by atoms with E-state index in [1.807, 2.05) is 38.1 Å². The van der Waals surface area contributed by atoms with Gasteiger partial charge in [0.05, 0.1) is 12.8 Å². The van der Waals surface area contributed by atoms with Crippen molar-refractivity contribution in [3.05, 3.63) is 52.1 Å². The molecule has 0 atom stereocenters. The number of nitrogens with zero attached hydrogens (tertiary/aromatic N) is 1. The first-order chi connectivity index (χ1) is 11.3. The number of aliphatic imine (C=N–C) groups is 1. The Morgan fingerprint density at radius 1 is 1.38 bits per heavy atom. The average Bonchev–Trinajstić information content (AvgIpc) is 2.53. The van der Waals surface area contributed by atoms with Gasteiger partial charge in [0.15, 0.2) is 0 Å². The Kier molecular flexibility index (Phi) is 7.55. The van der Waals surface area contributed by atoms with Crippen LogP contribution in [-0.4, -0.2) is 12.8 Å². The predicted octanol–water partition coefficient (Wildman–Crippen LogP) is 4.03. The number of methoxy groups -OCH3 is 1. The van der Waals surface area contributed by atoms with Gasteiger partial charge in [0.1, 0.15) is 5.75 Å². The predicted molar refractivity (Wildman–Crippen MR) is 106 cm³/mol. The number of terminal acetylenes is 1. The molecule has 0 bridgehead atoms. The Hall–Kier alpha value is -2.24. The van der Waals surface area contributed by atoms with Gasteiger partial charge in [-0.1, -0.05) is 37.9 Å². The molecule has 1 rings (SSSR count). The Labute approximate surface area is 149 Å². The first kappa shape index (κ1) is 19.8. The van der Waals surface area contributed by atoms with Gasteiger partial charge in [0, 0.05) is 16.8 Å². The number of rotatable bonds is 5. The largest absolute Gasteiger partial charge is 0.497 e. The second-order valence-corrected chi connectivity index (χ2v) is 6.19. The number of ether oxygens (including phenoxy) is 1. The number of halogens is 1. The van der Waals surface area contributed by atoms with Gasteiger partial charge in [0.25, 0.3) is 0 Å². The first-order valence-electron chi connectivity index (χ1n) is 7.73. The van der Waals surface area contributed by atoms with E-state index in [4.69, 9.17) is 22.8 Å². The molecule has 0 unspecified atom stereocenters. The Bertz CT molecular complexity index is 836. The van der Waals surface area contributed by atoms with Crippen molar-refractivity contribution in [1.82, 2.24) is 0 Å². The topological polar surface area (TPSA) is 21.6 Å². The van der Waals surface area contributed by atoms with E-state index in [0.29, 0.717) is 5.03 Å². The molecule has 0 heterocycles. The van der Waals surface area contributed by atoms with Gasteiger partial charge >= 0.3 is 0 Å². The van der Waals surface area contributed by atoms with Crippen molar-refractivity contribution < 1.29 is 4.74 Å². The highest BCUT2D eigenvalue weighted by atomic mass is 35.5. The molecule has 3 heteroatoms. The standard InChI is InChI=1S/C21H24ClNO/c1-8-9-21(14(2)3)23-17(6)15(4)13-20(22)19-11-10-18(24-7)12-16(19)5/h1,9-14H,5H2,2-4,6-7H3/b15-13+,20-19+,21-9-,23-17+. The molecule has 0 radical (unpaired) electrons. The lowest BCUT2D eigenvalue weighted by Gasteiger charge is -2.07. The second kappa shape index (κ2) is 9.15. The van der Waals surface area contributed by atoms with Crippen molar-refractivity contribution in [2.45, 2.75) is 27.7 Å². The van der Waals surface area contributed by atoms with Crippen molar-refractivity contribution in [1.29, 1.82) is 0 Å². The van der Waals surface area contributed by atoms with Crippen LogP contribution in [0, 0.1) is 18.3 Å². The maximum atomic E-state index is 6.46. The number of benzene rings is 1. The van der Waals surface area contributed by atoms with Crippen molar-refractivity contribution >= 4 is 28.9 Å². The lowest BCUT2D eigenvalue weighted by atomic mass is 10.1. The molecule has 24 heavy (non-hydrogen) atoms. The highest BCUT2D eigenvalue weighted by Crippen LogP contribution is 2.14. The molecule has 1 aromatic rings. The molecule has 2 nitrogen and oxygen atoms in total. The average molecular weight is 342 g/mol. The lowest BCUT2D eigenvalue weighted by molar-refractivity contribution is 0.414. The minimum absolute atomic E-state index is 0.260. The third-order valence-electron chi connectivity index (χ3n) is 3.60. The van der Waals surface area contributed by atoms with E-state index in [-0.39, 0.29) is 5.92 Å². The van der Waals surface area contributed by atoms with Crippen molar-refractivity contribution in [3.63, 3.8) is 0 Å². The van der Waals surface area contributed by atoms with Crippen molar-refractivity contribution in [2.75, 3.05) is 7.11 Å². The van der Waals surface area contributed by atoms with Crippen LogP contribution in [0.25, 0.3) is 11.6 Å². The third kappa shape index (κ3) is 5.44. The van der Waals surface area contributed by atoms with E-state index in [1.54, 1.807) is 13.2 Å². The molecule has 0 aliphatic heterocycles. The van der Waals surface area contributed by atoms with Gasteiger partial charge in [0.2, 0.25) is 0 Å². The van der Waals surface area contributed by atoms with Gasteiger partial charge in [-0.2, -0.15) is 0 Å². The zero-order valence-corrected chi connectivity index (χ0v) is 15.7. The normalized spacial score (nSPS) is 14.5. The van der Waals surface area contributed by atoms with Crippen LogP contribution < -0.4 is 15.2 Å². The lowest BCUT2D eigenvalue weighted by Crippen LogP contribution is -2.24. The van der Waals surface area contributed by atoms with E-state index in [1.165, 1.54) is 0 Å². The minimum atomic E-state index is 0.260. The van der Waals surface area contributed by atoms with Crippen LogP contribution >= 0.6 is 11.6 Å². The molecule has 0 aliphatic carbocycles. The van der Waals surface area contributed by atoms with Crippen molar-refractivity contribution in [2.24, 2.45) is 10.9 Å². The fourth-order valence-electron chi connectivity index (χ4n) is 2.00. The molecule has 0 spiro atoms. The Morgan fingerprint density at radius 2 is 2.04 bits per heavy atom. The maximum Gasteiger partial charge on any atom is 0.119 e. The van der Waals surface area contributed by atoms with Crippen LogP contribution in [0.2, 0.25) is 0 Å². The summed E-state index contributed by atoms with van der Waals surface area (Å²) in [5.74, 6) is 3.56. The van der Waals surface area contributed by atoms with Crippen LogP contribution in [0.1, 0.15) is 27.7 Å². The summed E-state index contributed by atoms with van der Waals surface area (Å²) in [5, 5.41) is 2.29. The third-order valence-corrected chi connectivity index (χ3v) is 3.92. The quantitative estimate of drug-likeness (QED) is 0.585. The second-order valence-electron chi connectivity index (χ2n) is 5.79. The van der Waals surface area contributed by atoms with Gasteiger partial charge in [-0.3, -0.25) is 4.99 Å². The van der Waals surface area contributed by atoms with E-state index < -0.39 is 0 Å². The first-order valence-corrected chi connectivity index (χ1v) is 8.10. The fourth-order valence-corrected chi connectivity index (χ4v) is 2.35. The van der Waals surface area contributed by atoms with Gasteiger partial charge < -0.3 is 4.74 Å². The van der Waals surface area contributed by atoms with Gasteiger partial charge in [-0.15, -0.1) is 6.42 Å². The number of hydrogen-bond acceptors (Lipinski definition) is 2. The molecule has 126 valence electrons. The Balaban J connectivity index is 3.30. The molecule has 0 saturated heterocycles. The smallest absolute Gasteiger partial charge is 0.119 e. The van der Waals surface area contributed by atoms with Gasteiger partial charge in [-0.25, -0.2) is 0 Å². The molecular formula is C21H24ClNO. The summed E-state index contributed by atoms with van der Waals surface area (Å²) in [6, 6.07) is 5.62. The molecule has 0 saturated carbocycles. The minimum Gasteiger partial charge on any atom is -0.497 e. The molecule has 0 aromatic heterocycles. The van der Waals surface area contributed by atoms with Crippen LogP contribution in [0.4, 0.5) is 0 Å².